The molecule has 0 aliphatic carbocycles. The number of para-hydroxylation sites is 1. The Labute approximate surface area is 155 Å². The third-order valence-electron chi connectivity index (χ3n) is 4.58. The summed E-state index contributed by atoms with van der Waals surface area (Å²) in [5, 5.41) is 3.40. The first kappa shape index (κ1) is 18.2. The highest BCUT2D eigenvalue weighted by molar-refractivity contribution is 5.77. The van der Waals surface area contributed by atoms with Crippen molar-refractivity contribution < 1.29 is 9.53 Å². The molecule has 1 aliphatic heterocycles. The maximum Gasteiger partial charge on any atom is 0.316 e. The smallest absolute Gasteiger partial charge is 0.316 e. The van der Waals surface area contributed by atoms with Gasteiger partial charge in [-0.3, -0.25) is 9.69 Å². The van der Waals surface area contributed by atoms with Crippen LogP contribution in [0.3, 0.4) is 0 Å². The van der Waals surface area contributed by atoms with Gasteiger partial charge in [0.25, 0.3) is 0 Å². The van der Waals surface area contributed by atoms with Crippen LogP contribution in [0.1, 0.15) is 12.5 Å². The number of nitrogens with zero attached hydrogens (tertiary/aromatic N) is 1. The second kappa shape index (κ2) is 9.20. The second-order valence-corrected chi connectivity index (χ2v) is 6.45. The largest absolute Gasteiger partial charge is 0.465 e. The number of benzene rings is 2. The number of ether oxygens (including phenoxy) is 1. The maximum atomic E-state index is 12.5. The average molecular weight is 350 g/mol. The van der Waals surface area contributed by atoms with Crippen molar-refractivity contribution in [1.29, 1.82) is 0 Å². The first-order valence-corrected chi connectivity index (χ1v) is 9.21. The van der Waals surface area contributed by atoms with Crippen LogP contribution in [0.4, 0.5) is 5.69 Å². The molecule has 0 spiro atoms. The zero-order valence-corrected chi connectivity index (χ0v) is 15.2. The van der Waals surface area contributed by atoms with Crippen LogP contribution in [-0.2, 0) is 16.0 Å². The van der Waals surface area contributed by atoms with Gasteiger partial charge in [-0.2, -0.15) is 0 Å². The van der Waals surface area contributed by atoms with Gasteiger partial charge in [-0.1, -0.05) is 54.6 Å². The predicted octanol–water partition coefficient (Wildman–Crippen LogP) is 3.72. The van der Waals surface area contributed by atoms with E-state index in [2.05, 4.69) is 40.6 Å². The van der Waals surface area contributed by atoms with Gasteiger partial charge in [0.15, 0.2) is 0 Å². The van der Waals surface area contributed by atoms with Crippen molar-refractivity contribution in [2.45, 2.75) is 13.3 Å². The van der Waals surface area contributed by atoms with E-state index in [4.69, 9.17) is 4.74 Å². The van der Waals surface area contributed by atoms with Gasteiger partial charge in [-0.25, -0.2) is 0 Å². The summed E-state index contributed by atoms with van der Waals surface area (Å²) >= 11 is 0. The van der Waals surface area contributed by atoms with Crippen LogP contribution in [0.5, 0.6) is 0 Å². The molecular weight excluding hydrogens is 324 g/mol. The lowest BCUT2D eigenvalue weighted by atomic mass is 9.99. The molecule has 1 atom stereocenters. The average Bonchev–Trinajstić information content (AvgIpc) is 2.69. The SMILES string of the molecule is CCOC(=O)C1CN(CCc2ccccc2)CC=C1Nc1ccccc1. The van der Waals surface area contributed by atoms with E-state index < -0.39 is 0 Å². The van der Waals surface area contributed by atoms with Crippen LogP contribution in [-0.4, -0.2) is 37.1 Å². The Hall–Kier alpha value is -2.59. The van der Waals surface area contributed by atoms with E-state index in [9.17, 15) is 4.79 Å². The lowest BCUT2D eigenvalue weighted by Gasteiger charge is -2.32. The molecule has 2 aromatic carbocycles. The molecule has 0 radical (unpaired) electrons. The lowest BCUT2D eigenvalue weighted by molar-refractivity contribution is -0.147. The molecule has 0 aromatic heterocycles. The van der Waals surface area contributed by atoms with Crippen molar-refractivity contribution >= 4 is 11.7 Å². The van der Waals surface area contributed by atoms with E-state index in [1.54, 1.807) is 0 Å². The molecule has 3 rings (SSSR count). The molecule has 1 aliphatic rings. The predicted molar refractivity (Wildman–Crippen MR) is 105 cm³/mol. The highest BCUT2D eigenvalue weighted by Gasteiger charge is 2.30. The first-order valence-electron chi connectivity index (χ1n) is 9.21. The summed E-state index contributed by atoms with van der Waals surface area (Å²) in [5.41, 5.74) is 3.24. The molecule has 4 nitrogen and oxygen atoms in total. The van der Waals surface area contributed by atoms with E-state index in [1.807, 2.05) is 43.3 Å². The summed E-state index contributed by atoms with van der Waals surface area (Å²) in [6, 6.07) is 20.4. The second-order valence-electron chi connectivity index (χ2n) is 6.45. The number of esters is 1. The summed E-state index contributed by atoms with van der Waals surface area (Å²) < 4.78 is 5.31. The van der Waals surface area contributed by atoms with Crippen molar-refractivity contribution in [3.05, 3.63) is 78.0 Å². The molecule has 0 saturated carbocycles. The van der Waals surface area contributed by atoms with Crippen LogP contribution in [0.25, 0.3) is 0 Å². The lowest BCUT2D eigenvalue weighted by Crippen LogP contribution is -2.41. The standard InChI is InChI=1S/C22H26N2O2/c1-2-26-22(25)20-17-24(15-13-18-9-5-3-6-10-18)16-14-21(20)23-19-11-7-4-8-12-19/h3-12,14,20,23H,2,13,15-17H2,1H3. The van der Waals surface area contributed by atoms with Crippen LogP contribution < -0.4 is 5.32 Å². The van der Waals surface area contributed by atoms with E-state index in [0.717, 1.165) is 30.9 Å². The molecule has 0 bridgehead atoms. The highest BCUT2D eigenvalue weighted by Crippen LogP contribution is 2.22. The zero-order chi connectivity index (χ0) is 18.2. The molecule has 4 heteroatoms. The van der Waals surface area contributed by atoms with Gasteiger partial charge in [0.05, 0.1) is 6.61 Å². The van der Waals surface area contributed by atoms with Crippen molar-refractivity contribution in [3.8, 4) is 0 Å². The van der Waals surface area contributed by atoms with E-state index >= 15 is 0 Å². The Morgan fingerprint density at radius 1 is 1.12 bits per heavy atom. The molecule has 26 heavy (non-hydrogen) atoms. The molecule has 2 aromatic rings. The number of carbonyl (C=O) groups excluding carboxylic acids is 1. The topological polar surface area (TPSA) is 41.6 Å². The minimum Gasteiger partial charge on any atom is -0.465 e. The van der Waals surface area contributed by atoms with Gasteiger partial charge in [-0.05, 0) is 31.0 Å². The molecule has 0 saturated heterocycles. The Morgan fingerprint density at radius 3 is 2.50 bits per heavy atom. The number of carbonyl (C=O) groups is 1. The van der Waals surface area contributed by atoms with Gasteiger partial charge < -0.3 is 10.1 Å². The highest BCUT2D eigenvalue weighted by atomic mass is 16.5. The monoisotopic (exact) mass is 350 g/mol. The summed E-state index contributed by atoms with van der Waals surface area (Å²) in [6.07, 6.45) is 3.09. The van der Waals surface area contributed by atoms with Crippen LogP contribution >= 0.6 is 0 Å². The van der Waals surface area contributed by atoms with E-state index in [0.29, 0.717) is 13.2 Å². The van der Waals surface area contributed by atoms with Gasteiger partial charge >= 0.3 is 5.97 Å². The van der Waals surface area contributed by atoms with Crippen molar-refractivity contribution in [2.24, 2.45) is 5.92 Å². The fourth-order valence-corrected chi connectivity index (χ4v) is 3.19. The Balaban J connectivity index is 1.67. The third-order valence-corrected chi connectivity index (χ3v) is 4.58. The minimum absolute atomic E-state index is 0.161. The van der Waals surface area contributed by atoms with E-state index in [1.165, 1.54) is 5.56 Å². The quantitative estimate of drug-likeness (QED) is 0.773. The molecule has 1 heterocycles. The maximum absolute atomic E-state index is 12.5. The summed E-state index contributed by atoms with van der Waals surface area (Å²) in [5.74, 6) is -0.439. The van der Waals surface area contributed by atoms with Crippen molar-refractivity contribution in [3.63, 3.8) is 0 Å². The number of nitrogens with one attached hydrogen (secondary N) is 1. The number of hydrogen-bond acceptors (Lipinski definition) is 4. The summed E-state index contributed by atoms with van der Waals surface area (Å²) in [7, 11) is 0. The molecule has 0 fully saturated rings. The van der Waals surface area contributed by atoms with E-state index in [-0.39, 0.29) is 11.9 Å². The number of anilines is 1. The van der Waals surface area contributed by atoms with Crippen LogP contribution in [0.2, 0.25) is 0 Å². The first-order chi connectivity index (χ1) is 12.8. The van der Waals surface area contributed by atoms with Gasteiger partial charge in [0.2, 0.25) is 0 Å². The van der Waals surface area contributed by atoms with Crippen LogP contribution in [0.15, 0.2) is 72.4 Å². The third kappa shape index (κ3) is 4.96. The fraction of sp³-hybridized carbons (Fsp3) is 0.318. The van der Waals surface area contributed by atoms with Crippen molar-refractivity contribution in [2.75, 3.05) is 31.6 Å². The van der Waals surface area contributed by atoms with Gasteiger partial charge in [0.1, 0.15) is 5.92 Å². The fourth-order valence-electron chi connectivity index (χ4n) is 3.19. The van der Waals surface area contributed by atoms with Crippen LogP contribution in [0, 0.1) is 5.92 Å². The summed E-state index contributed by atoms with van der Waals surface area (Å²) in [6.45, 7) is 4.68. The molecule has 136 valence electrons. The molecular formula is C22H26N2O2. The zero-order valence-electron chi connectivity index (χ0n) is 15.2. The Kier molecular flexibility index (Phi) is 6.45. The molecule has 0 amide bonds. The minimum atomic E-state index is -0.278. The Morgan fingerprint density at radius 2 is 1.81 bits per heavy atom. The molecule has 1 N–H and O–H groups in total. The van der Waals surface area contributed by atoms with Crippen molar-refractivity contribution in [1.82, 2.24) is 4.90 Å². The normalized spacial score (nSPS) is 17.4. The van der Waals surface area contributed by atoms with Gasteiger partial charge in [-0.15, -0.1) is 0 Å². The molecule has 1 unspecified atom stereocenters. The van der Waals surface area contributed by atoms with Gasteiger partial charge in [0, 0.05) is 31.0 Å². The summed E-state index contributed by atoms with van der Waals surface area (Å²) in [4.78, 5) is 14.8. The number of rotatable bonds is 7. The number of hydrogen-bond donors (Lipinski definition) is 1. The Bertz CT molecular complexity index is 728.